The van der Waals surface area contributed by atoms with Gasteiger partial charge in [-0.3, -0.25) is 14.7 Å². The third kappa shape index (κ3) is 3.92. The lowest BCUT2D eigenvalue weighted by Gasteiger charge is -2.38. The number of alkyl halides is 1. The van der Waals surface area contributed by atoms with Crippen molar-refractivity contribution in [1.82, 2.24) is 15.2 Å². The Balaban J connectivity index is 1.49. The first-order valence-electron chi connectivity index (χ1n) is 8.82. The van der Waals surface area contributed by atoms with E-state index in [-0.39, 0.29) is 18.1 Å². The number of aromatic nitrogens is 1. The minimum absolute atomic E-state index is 0.00491. The van der Waals surface area contributed by atoms with Crippen molar-refractivity contribution in [3.8, 4) is 0 Å². The maximum absolute atomic E-state index is 15.1. The summed E-state index contributed by atoms with van der Waals surface area (Å²) in [7, 11) is 0. The summed E-state index contributed by atoms with van der Waals surface area (Å²) in [5.41, 5.74) is -0.883. The fourth-order valence-corrected chi connectivity index (χ4v) is 3.48. The van der Waals surface area contributed by atoms with E-state index in [1.807, 2.05) is 17.9 Å². The van der Waals surface area contributed by atoms with Crippen LogP contribution in [0.2, 0.25) is 0 Å². The Kier molecular flexibility index (Phi) is 5.46. The van der Waals surface area contributed by atoms with Gasteiger partial charge in [-0.2, -0.15) is 0 Å². The van der Waals surface area contributed by atoms with Crippen LogP contribution in [0.1, 0.15) is 38.3 Å². The fourth-order valence-electron chi connectivity index (χ4n) is 3.48. The van der Waals surface area contributed by atoms with Gasteiger partial charge in [-0.15, -0.1) is 0 Å². The molecule has 2 unspecified atom stereocenters. The molecule has 3 rings (SSSR count). The van der Waals surface area contributed by atoms with Crippen LogP contribution in [0.4, 0.5) is 4.39 Å². The predicted octanol–water partition coefficient (Wildman–Crippen LogP) is 2.03. The average Bonchev–Trinajstić information content (AvgIpc) is 3.14. The van der Waals surface area contributed by atoms with Gasteiger partial charge >= 0.3 is 0 Å². The lowest BCUT2D eigenvalue weighted by atomic mass is 9.89. The number of hydrogen-bond acceptors (Lipinski definition) is 4. The topological polar surface area (TPSA) is 54.5 Å². The minimum atomic E-state index is -1.38. The number of piperidine rings is 1. The number of rotatable bonds is 5. The van der Waals surface area contributed by atoms with Crippen LogP contribution in [0.15, 0.2) is 24.4 Å². The zero-order valence-corrected chi connectivity index (χ0v) is 14.2. The lowest BCUT2D eigenvalue weighted by Crippen LogP contribution is -2.51. The predicted molar refractivity (Wildman–Crippen MR) is 89.3 cm³/mol. The maximum atomic E-state index is 15.1. The Hall–Kier alpha value is -1.53. The summed E-state index contributed by atoms with van der Waals surface area (Å²) in [4.78, 5) is 18.5. The standard InChI is InChI=1S/C18H26FN3O2/c1-14(17(23)21-13-15-5-4-12-24-15)22-10-7-18(19,8-11-22)16-6-2-3-9-20-16/h2-3,6,9,14-15H,4-5,7-8,10-13H2,1H3,(H,21,23). The van der Waals surface area contributed by atoms with Crippen LogP contribution in [0.3, 0.4) is 0 Å². The van der Waals surface area contributed by atoms with Gasteiger partial charge in [0, 0.05) is 32.4 Å². The van der Waals surface area contributed by atoms with Crippen molar-refractivity contribution in [2.45, 2.75) is 50.4 Å². The van der Waals surface area contributed by atoms with Crippen LogP contribution >= 0.6 is 0 Å². The summed E-state index contributed by atoms with van der Waals surface area (Å²) in [5.74, 6) is -0.00491. The Morgan fingerprint density at radius 1 is 1.50 bits per heavy atom. The summed E-state index contributed by atoms with van der Waals surface area (Å²) in [5, 5.41) is 2.96. The van der Waals surface area contributed by atoms with Crippen LogP contribution in [-0.2, 0) is 15.2 Å². The molecule has 6 heteroatoms. The molecule has 1 amide bonds. The van der Waals surface area contributed by atoms with Crippen LogP contribution in [0.5, 0.6) is 0 Å². The number of nitrogens with zero attached hydrogens (tertiary/aromatic N) is 2. The van der Waals surface area contributed by atoms with E-state index >= 15 is 4.39 Å². The molecular formula is C18H26FN3O2. The van der Waals surface area contributed by atoms with E-state index in [1.54, 1.807) is 18.3 Å². The normalized spacial score (nSPS) is 25.3. The van der Waals surface area contributed by atoms with Crippen molar-refractivity contribution in [1.29, 1.82) is 0 Å². The second-order valence-corrected chi connectivity index (χ2v) is 6.77. The van der Waals surface area contributed by atoms with E-state index in [0.717, 1.165) is 19.4 Å². The third-order valence-electron chi connectivity index (χ3n) is 5.17. The summed E-state index contributed by atoms with van der Waals surface area (Å²) >= 11 is 0. The second kappa shape index (κ2) is 7.57. The van der Waals surface area contributed by atoms with Gasteiger partial charge in [0.15, 0.2) is 5.67 Å². The quantitative estimate of drug-likeness (QED) is 0.894. The number of amides is 1. The molecule has 132 valence electrons. The molecule has 2 saturated heterocycles. The molecule has 0 aliphatic carbocycles. The molecule has 0 saturated carbocycles. The summed E-state index contributed by atoms with van der Waals surface area (Å²) in [6, 6.07) is 5.10. The van der Waals surface area contributed by atoms with Crippen LogP contribution in [0.25, 0.3) is 0 Å². The van der Waals surface area contributed by atoms with E-state index < -0.39 is 5.67 Å². The number of ether oxygens (including phenoxy) is 1. The van der Waals surface area contributed by atoms with Gasteiger partial charge in [-0.1, -0.05) is 6.07 Å². The Bertz CT molecular complexity index is 540. The highest BCUT2D eigenvalue weighted by Gasteiger charge is 2.39. The van der Waals surface area contributed by atoms with Gasteiger partial charge in [0.25, 0.3) is 0 Å². The SMILES string of the molecule is CC(C(=O)NCC1CCCO1)N1CCC(F)(c2ccccn2)CC1. The number of hydrogen-bond donors (Lipinski definition) is 1. The zero-order chi connectivity index (χ0) is 17.0. The molecule has 2 aliphatic rings. The molecule has 24 heavy (non-hydrogen) atoms. The van der Waals surface area contributed by atoms with Gasteiger partial charge in [-0.05, 0) is 44.7 Å². The third-order valence-corrected chi connectivity index (χ3v) is 5.17. The molecule has 1 N–H and O–H groups in total. The van der Waals surface area contributed by atoms with Crippen molar-refractivity contribution in [3.05, 3.63) is 30.1 Å². The highest BCUT2D eigenvalue weighted by atomic mass is 19.1. The lowest BCUT2D eigenvalue weighted by molar-refractivity contribution is -0.127. The van der Waals surface area contributed by atoms with Crippen molar-refractivity contribution in [2.24, 2.45) is 0 Å². The molecule has 0 radical (unpaired) electrons. The molecule has 5 nitrogen and oxygen atoms in total. The van der Waals surface area contributed by atoms with Crippen LogP contribution < -0.4 is 5.32 Å². The number of halogens is 1. The first-order chi connectivity index (χ1) is 11.6. The van der Waals surface area contributed by atoms with E-state index in [0.29, 0.717) is 38.2 Å². The number of carbonyl (C=O) groups excluding carboxylic acids is 1. The van der Waals surface area contributed by atoms with Crippen molar-refractivity contribution >= 4 is 5.91 Å². The first-order valence-corrected chi connectivity index (χ1v) is 8.82. The Labute approximate surface area is 142 Å². The van der Waals surface area contributed by atoms with Crippen molar-refractivity contribution in [3.63, 3.8) is 0 Å². The number of nitrogens with one attached hydrogen (secondary N) is 1. The summed E-state index contributed by atoms with van der Waals surface area (Å²) < 4.78 is 20.6. The molecule has 0 spiro atoms. The molecule has 2 aliphatic heterocycles. The van der Waals surface area contributed by atoms with Crippen molar-refractivity contribution in [2.75, 3.05) is 26.2 Å². The van der Waals surface area contributed by atoms with Gasteiger partial charge in [0.05, 0.1) is 17.8 Å². The molecule has 2 atom stereocenters. The first kappa shape index (κ1) is 17.3. The minimum Gasteiger partial charge on any atom is -0.376 e. The highest BCUT2D eigenvalue weighted by molar-refractivity contribution is 5.81. The van der Waals surface area contributed by atoms with Gasteiger partial charge in [0.2, 0.25) is 5.91 Å². The van der Waals surface area contributed by atoms with Gasteiger partial charge in [-0.25, -0.2) is 4.39 Å². The molecule has 2 fully saturated rings. The second-order valence-electron chi connectivity index (χ2n) is 6.77. The summed E-state index contributed by atoms with van der Waals surface area (Å²) in [6.07, 6.45) is 4.58. The van der Waals surface area contributed by atoms with E-state index in [2.05, 4.69) is 10.3 Å². The molecule has 1 aromatic heterocycles. The van der Waals surface area contributed by atoms with Crippen molar-refractivity contribution < 1.29 is 13.9 Å². The zero-order valence-electron chi connectivity index (χ0n) is 14.2. The van der Waals surface area contributed by atoms with Crippen LogP contribution in [0, 0.1) is 0 Å². The largest absolute Gasteiger partial charge is 0.376 e. The summed E-state index contributed by atoms with van der Waals surface area (Å²) in [6.45, 7) is 4.35. The molecule has 0 aromatic carbocycles. The van der Waals surface area contributed by atoms with Gasteiger partial charge in [0.1, 0.15) is 0 Å². The maximum Gasteiger partial charge on any atom is 0.237 e. The molecule has 3 heterocycles. The molecule has 0 bridgehead atoms. The average molecular weight is 335 g/mol. The number of likely N-dealkylation sites (tertiary alicyclic amines) is 1. The molecule has 1 aromatic rings. The van der Waals surface area contributed by atoms with Crippen LogP contribution in [-0.4, -0.2) is 54.2 Å². The number of pyridine rings is 1. The van der Waals surface area contributed by atoms with E-state index in [9.17, 15) is 4.79 Å². The van der Waals surface area contributed by atoms with E-state index in [1.165, 1.54) is 0 Å². The Morgan fingerprint density at radius 3 is 2.92 bits per heavy atom. The van der Waals surface area contributed by atoms with E-state index in [4.69, 9.17) is 4.74 Å². The highest BCUT2D eigenvalue weighted by Crippen LogP contribution is 2.36. The fraction of sp³-hybridized carbons (Fsp3) is 0.667. The smallest absolute Gasteiger partial charge is 0.237 e. The van der Waals surface area contributed by atoms with Gasteiger partial charge < -0.3 is 10.1 Å². The molecular weight excluding hydrogens is 309 g/mol. The monoisotopic (exact) mass is 335 g/mol. The Morgan fingerprint density at radius 2 is 2.29 bits per heavy atom. The number of carbonyl (C=O) groups is 1.